The second kappa shape index (κ2) is 11.6. The maximum absolute atomic E-state index is 15.2. The zero-order valence-electron chi connectivity index (χ0n) is 22.8. The van der Waals surface area contributed by atoms with Crippen LogP contribution in [0.25, 0.3) is 22.5 Å². The van der Waals surface area contributed by atoms with E-state index in [0.717, 1.165) is 37.0 Å². The normalized spacial score (nSPS) is 14.0. The lowest BCUT2D eigenvalue weighted by Gasteiger charge is -2.25. The number of anilines is 3. The molecule has 41 heavy (non-hydrogen) atoms. The average Bonchev–Trinajstić information content (AvgIpc) is 3.65. The molecule has 1 saturated heterocycles. The highest BCUT2D eigenvalue weighted by atomic mass is 32.1. The van der Waals surface area contributed by atoms with Crippen molar-refractivity contribution in [3.63, 3.8) is 0 Å². The third-order valence-corrected chi connectivity index (χ3v) is 7.41. The van der Waals surface area contributed by atoms with Gasteiger partial charge in [0, 0.05) is 34.9 Å². The molecule has 13 heteroatoms. The summed E-state index contributed by atoms with van der Waals surface area (Å²) in [5, 5.41) is 21.0. The molecule has 1 fully saturated rings. The Hall–Kier alpha value is -4.36. The van der Waals surface area contributed by atoms with E-state index < -0.39 is 5.82 Å². The van der Waals surface area contributed by atoms with Crippen LogP contribution in [-0.2, 0) is 0 Å². The molecule has 0 unspecified atom stereocenters. The quantitative estimate of drug-likeness (QED) is 0.188. The topological polar surface area (TPSA) is 132 Å². The van der Waals surface area contributed by atoms with Crippen molar-refractivity contribution in [3.05, 3.63) is 53.7 Å². The Labute approximate surface area is 239 Å². The van der Waals surface area contributed by atoms with Gasteiger partial charge in [0.2, 0.25) is 5.89 Å². The van der Waals surface area contributed by atoms with Crippen LogP contribution >= 0.6 is 11.3 Å². The van der Waals surface area contributed by atoms with Gasteiger partial charge < -0.3 is 29.8 Å². The number of nitrogens with zero attached hydrogens (tertiary/aromatic N) is 5. The minimum Gasteiger partial charge on any atom is -0.495 e. The molecule has 5 aromatic rings. The molecule has 0 spiro atoms. The SMILES string of the molecule is COc1cc2ncnc(Nc3ccc(Oc4nc(-c5nnc(C(C)C)o5)cs4)cc3F)c2cc1NC1CCNCC1. The summed E-state index contributed by atoms with van der Waals surface area (Å²) in [5.74, 6) is 1.92. The highest BCUT2D eigenvalue weighted by Gasteiger charge is 2.18. The van der Waals surface area contributed by atoms with Gasteiger partial charge in [-0.15, -0.1) is 10.2 Å². The molecule has 11 nitrogen and oxygen atoms in total. The first-order valence-electron chi connectivity index (χ1n) is 13.3. The second-order valence-electron chi connectivity index (χ2n) is 9.93. The number of hydrogen-bond donors (Lipinski definition) is 3. The van der Waals surface area contributed by atoms with Gasteiger partial charge in [0.1, 0.15) is 35.2 Å². The van der Waals surface area contributed by atoms with Gasteiger partial charge in [-0.1, -0.05) is 25.2 Å². The number of halogens is 1. The fraction of sp³-hybridized carbons (Fsp3) is 0.321. The molecule has 212 valence electrons. The van der Waals surface area contributed by atoms with Crippen molar-refractivity contribution in [1.82, 2.24) is 30.5 Å². The number of methoxy groups -OCH3 is 1. The molecule has 0 amide bonds. The molecule has 1 aliphatic heterocycles. The standard InChI is InChI=1S/C28H29FN8O3S/c1-15(2)26-36-37-27(40-26)23-13-41-28(35-23)39-17-4-5-20(19(29)10-17)34-25-18-11-22(33-16-6-8-30-9-7-16)24(38-3)12-21(18)31-14-32-25/h4-5,10-16,30,33H,6-9H2,1-3H3,(H,31,32,34). The van der Waals surface area contributed by atoms with Gasteiger partial charge in [0.05, 0.1) is 24.0 Å². The van der Waals surface area contributed by atoms with Crippen LogP contribution in [0, 0.1) is 5.82 Å². The molecule has 3 N–H and O–H groups in total. The van der Waals surface area contributed by atoms with E-state index in [1.807, 2.05) is 26.0 Å². The Bertz CT molecular complexity index is 1670. The van der Waals surface area contributed by atoms with Crippen LogP contribution in [0.15, 0.2) is 46.5 Å². The summed E-state index contributed by atoms with van der Waals surface area (Å²) in [6.07, 6.45) is 3.46. The Kier molecular flexibility index (Phi) is 7.61. The monoisotopic (exact) mass is 576 g/mol. The van der Waals surface area contributed by atoms with E-state index in [9.17, 15) is 0 Å². The Morgan fingerprint density at radius 3 is 2.71 bits per heavy atom. The fourth-order valence-electron chi connectivity index (χ4n) is 4.51. The van der Waals surface area contributed by atoms with Gasteiger partial charge in [-0.25, -0.2) is 14.4 Å². The van der Waals surface area contributed by atoms with Crippen LogP contribution in [0.3, 0.4) is 0 Å². The maximum Gasteiger partial charge on any atom is 0.279 e. The average molecular weight is 577 g/mol. The Balaban J connectivity index is 1.20. The van der Waals surface area contributed by atoms with E-state index in [-0.39, 0.29) is 11.6 Å². The summed E-state index contributed by atoms with van der Waals surface area (Å²) in [5.41, 5.74) is 2.27. The molecule has 0 saturated carbocycles. The number of fused-ring (bicyclic) bond motifs is 1. The first-order chi connectivity index (χ1) is 20.0. The molecule has 0 aliphatic carbocycles. The highest BCUT2D eigenvalue weighted by molar-refractivity contribution is 7.11. The van der Waals surface area contributed by atoms with Crippen molar-refractivity contribution in [3.8, 4) is 28.3 Å². The smallest absolute Gasteiger partial charge is 0.279 e. The third kappa shape index (κ3) is 5.91. The fourth-order valence-corrected chi connectivity index (χ4v) is 5.18. The molecule has 4 heterocycles. The number of ether oxygens (including phenoxy) is 2. The van der Waals surface area contributed by atoms with E-state index in [1.54, 1.807) is 24.6 Å². The summed E-state index contributed by atoms with van der Waals surface area (Å²) in [4.78, 5) is 13.2. The summed E-state index contributed by atoms with van der Waals surface area (Å²) < 4.78 is 32.3. The predicted molar refractivity (Wildman–Crippen MR) is 155 cm³/mol. The molecular weight excluding hydrogens is 547 g/mol. The van der Waals surface area contributed by atoms with E-state index >= 15 is 4.39 Å². The molecule has 3 aromatic heterocycles. The van der Waals surface area contributed by atoms with Crippen LogP contribution < -0.4 is 25.4 Å². The van der Waals surface area contributed by atoms with E-state index in [2.05, 4.69) is 41.1 Å². The van der Waals surface area contributed by atoms with Gasteiger partial charge in [0.15, 0.2) is 0 Å². The van der Waals surface area contributed by atoms with Crippen LogP contribution in [-0.4, -0.2) is 51.4 Å². The van der Waals surface area contributed by atoms with Gasteiger partial charge in [0.25, 0.3) is 11.1 Å². The van der Waals surface area contributed by atoms with E-state index in [0.29, 0.717) is 51.5 Å². The van der Waals surface area contributed by atoms with Crippen LogP contribution in [0.1, 0.15) is 38.5 Å². The van der Waals surface area contributed by atoms with Crippen LogP contribution in [0.5, 0.6) is 16.7 Å². The Morgan fingerprint density at radius 1 is 1.10 bits per heavy atom. The zero-order valence-corrected chi connectivity index (χ0v) is 23.6. The van der Waals surface area contributed by atoms with Crippen molar-refractivity contribution >= 4 is 39.4 Å². The summed E-state index contributed by atoms with van der Waals surface area (Å²) in [6.45, 7) is 5.86. The molecule has 0 bridgehead atoms. The predicted octanol–water partition coefficient (Wildman–Crippen LogP) is 6.11. The number of benzene rings is 2. The van der Waals surface area contributed by atoms with Crippen molar-refractivity contribution in [2.75, 3.05) is 30.8 Å². The number of nitrogens with one attached hydrogen (secondary N) is 3. The van der Waals surface area contributed by atoms with Crippen molar-refractivity contribution < 1.29 is 18.3 Å². The summed E-state index contributed by atoms with van der Waals surface area (Å²) in [7, 11) is 1.63. The lowest BCUT2D eigenvalue weighted by molar-refractivity contribution is 0.414. The number of hydrogen-bond acceptors (Lipinski definition) is 12. The summed E-state index contributed by atoms with van der Waals surface area (Å²) in [6, 6.07) is 8.68. The third-order valence-electron chi connectivity index (χ3n) is 6.69. The molecule has 1 aliphatic rings. The molecule has 0 atom stereocenters. The first-order valence-corrected chi connectivity index (χ1v) is 14.2. The number of piperidine rings is 1. The number of thiazole rings is 1. The highest BCUT2D eigenvalue weighted by Crippen LogP contribution is 2.36. The van der Waals surface area contributed by atoms with Crippen LogP contribution in [0.2, 0.25) is 0 Å². The zero-order chi connectivity index (χ0) is 28.3. The largest absolute Gasteiger partial charge is 0.495 e. The molecule has 0 radical (unpaired) electrons. The molecular formula is C28H29FN8O3S. The molecule has 6 rings (SSSR count). The summed E-state index contributed by atoms with van der Waals surface area (Å²) >= 11 is 1.25. The number of aromatic nitrogens is 5. The minimum atomic E-state index is -0.508. The van der Waals surface area contributed by atoms with Crippen molar-refractivity contribution in [2.24, 2.45) is 0 Å². The van der Waals surface area contributed by atoms with Gasteiger partial charge in [-0.05, 0) is 44.1 Å². The minimum absolute atomic E-state index is 0.113. The molecule has 2 aromatic carbocycles. The van der Waals surface area contributed by atoms with Gasteiger partial charge in [-0.3, -0.25) is 0 Å². The number of rotatable bonds is 9. The van der Waals surface area contributed by atoms with Crippen molar-refractivity contribution in [2.45, 2.75) is 38.6 Å². The van der Waals surface area contributed by atoms with Gasteiger partial charge >= 0.3 is 0 Å². The van der Waals surface area contributed by atoms with Crippen molar-refractivity contribution in [1.29, 1.82) is 0 Å². The Morgan fingerprint density at radius 2 is 1.95 bits per heavy atom. The lowest BCUT2D eigenvalue weighted by Crippen LogP contribution is -2.35. The second-order valence-corrected chi connectivity index (χ2v) is 10.7. The van der Waals surface area contributed by atoms with Gasteiger partial charge in [-0.2, -0.15) is 4.98 Å². The lowest BCUT2D eigenvalue weighted by atomic mass is 10.1. The first kappa shape index (κ1) is 26.8. The maximum atomic E-state index is 15.2. The van der Waals surface area contributed by atoms with E-state index in [1.165, 1.54) is 23.7 Å². The van der Waals surface area contributed by atoms with Crippen LogP contribution in [0.4, 0.5) is 21.6 Å². The van der Waals surface area contributed by atoms with E-state index in [4.69, 9.17) is 13.9 Å².